The van der Waals surface area contributed by atoms with Gasteiger partial charge in [-0.2, -0.15) is 0 Å². The number of rotatable bonds is 10. The summed E-state index contributed by atoms with van der Waals surface area (Å²) >= 11 is 0. The van der Waals surface area contributed by atoms with E-state index in [9.17, 15) is 4.39 Å². The highest BCUT2D eigenvalue weighted by Gasteiger charge is 2.08. The SMILES string of the molecule is C=C(CCNCC)N(/C=C/C=C/CC)Cc1ccccc1F. The summed E-state index contributed by atoms with van der Waals surface area (Å²) in [5.41, 5.74) is 1.65. The molecule has 120 valence electrons. The molecule has 1 rings (SSSR count). The molecule has 1 aromatic rings. The van der Waals surface area contributed by atoms with Gasteiger partial charge in [0, 0.05) is 24.0 Å². The smallest absolute Gasteiger partial charge is 0.128 e. The molecule has 0 atom stereocenters. The summed E-state index contributed by atoms with van der Waals surface area (Å²) in [7, 11) is 0. The zero-order chi connectivity index (χ0) is 16.2. The van der Waals surface area contributed by atoms with Crippen LogP contribution in [0.5, 0.6) is 0 Å². The summed E-state index contributed by atoms with van der Waals surface area (Å²) in [6.07, 6.45) is 9.86. The van der Waals surface area contributed by atoms with Gasteiger partial charge in [-0.1, -0.05) is 50.8 Å². The van der Waals surface area contributed by atoms with Crippen LogP contribution in [0.25, 0.3) is 0 Å². The fourth-order valence-corrected chi connectivity index (χ4v) is 2.00. The zero-order valence-corrected chi connectivity index (χ0v) is 13.7. The van der Waals surface area contributed by atoms with E-state index in [1.54, 1.807) is 6.07 Å². The number of hydrogen-bond acceptors (Lipinski definition) is 2. The van der Waals surface area contributed by atoms with E-state index in [2.05, 4.69) is 31.8 Å². The van der Waals surface area contributed by atoms with Crippen LogP contribution in [0, 0.1) is 5.82 Å². The van der Waals surface area contributed by atoms with Crippen LogP contribution in [0.1, 0.15) is 32.3 Å². The van der Waals surface area contributed by atoms with Crippen molar-refractivity contribution in [2.45, 2.75) is 33.2 Å². The van der Waals surface area contributed by atoms with E-state index in [1.807, 2.05) is 35.4 Å². The average Bonchev–Trinajstić information content (AvgIpc) is 2.52. The second-order valence-corrected chi connectivity index (χ2v) is 5.07. The highest BCUT2D eigenvalue weighted by Crippen LogP contribution is 2.15. The molecule has 0 radical (unpaired) electrons. The predicted molar refractivity (Wildman–Crippen MR) is 92.8 cm³/mol. The van der Waals surface area contributed by atoms with Crippen molar-refractivity contribution >= 4 is 0 Å². The lowest BCUT2D eigenvalue weighted by Crippen LogP contribution is -2.21. The van der Waals surface area contributed by atoms with Crippen LogP contribution < -0.4 is 5.32 Å². The molecule has 0 unspecified atom stereocenters. The van der Waals surface area contributed by atoms with Crippen molar-refractivity contribution in [2.75, 3.05) is 13.1 Å². The quantitative estimate of drug-likeness (QED) is 0.501. The molecule has 0 bridgehead atoms. The molecule has 0 amide bonds. The number of allylic oxidation sites excluding steroid dienone is 3. The summed E-state index contributed by atoms with van der Waals surface area (Å²) < 4.78 is 13.9. The van der Waals surface area contributed by atoms with Gasteiger partial charge in [0.15, 0.2) is 0 Å². The molecule has 1 aromatic carbocycles. The maximum Gasteiger partial charge on any atom is 0.128 e. The molecule has 1 N–H and O–H groups in total. The lowest BCUT2D eigenvalue weighted by atomic mass is 10.2. The fraction of sp³-hybridized carbons (Fsp3) is 0.368. The van der Waals surface area contributed by atoms with Crippen molar-refractivity contribution in [2.24, 2.45) is 0 Å². The van der Waals surface area contributed by atoms with Gasteiger partial charge in [0.2, 0.25) is 0 Å². The summed E-state index contributed by atoms with van der Waals surface area (Å²) in [6, 6.07) is 6.88. The Morgan fingerprint density at radius 1 is 1.27 bits per heavy atom. The highest BCUT2D eigenvalue weighted by atomic mass is 19.1. The molecule has 0 aromatic heterocycles. The zero-order valence-electron chi connectivity index (χ0n) is 13.7. The third-order valence-electron chi connectivity index (χ3n) is 3.29. The molecule has 0 aliphatic heterocycles. The van der Waals surface area contributed by atoms with Crippen molar-refractivity contribution < 1.29 is 4.39 Å². The summed E-state index contributed by atoms with van der Waals surface area (Å²) in [5, 5.41) is 3.29. The number of hydrogen-bond donors (Lipinski definition) is 1. The molecular weight excluding hydrogens is 275 g/mol. The van der Waals surface area contributed by atoms with E-state index in [0.717, 1.165) is 31.6 Å². The first-order chi connectivity index (χ1) is 10.7. The second kappa shape index (κ2) is 10.8. The van der Waals surface area contributed by atoms with Gasteiger partial charge in [-0.3, -0.25) is 0 Å². The molecule has 0 saturated carbocycles. The van der Waals surface area contributed by atoms with E-state index in [4.69, 9.17) is 0 Å². The first-order valence-corrected chi connectivity index (χ1v) is 7.90. The van der Waals surface area contributed by atoms with Crippen molar-refractivity contribution in [1.29, 1.82) is 0 Å². The minimum atomic E-state index is -0.176. The largest absolute Gasteiger partial charge is 0.348 e. The van der Waals surface area contributed by atoms with Gasteiger partial charge in [-0.05, 0) is 31.5 Å². The van der Waals surface area contributed by atoms with Crippen LogP contribution >= 0.6 is 0 Å². The van der Waals surface area contributed by atoms with Gasteiger partial charge < -0.3 is 10.2 Å². The van der Waals surface area contributed by atoms with E-state index >= 15 is 0 Å². The molecule has 2 nitrogen and oxygen atoms in total. The summed E-state index contributed by atoms with van der Waals surface area (Å²) in [4.78, 5) is 2.01. The maximum absolute atomic E-state index is 13.9. The Hall–Kier alpha value is -1.87. The lowest BCUT2D eigenvalue weighted by Gasteiger charge is -2.23. The van der Waals surface area contributed by atoms with Crippen molar-refractivity contribution in [3.63, 3.8) is 0 Å². The lowest BCUT2D eigenvalue weighted by molar-refractivity contribution is 0.426. The van der Waals surface area contributed by atoms with Crippen LogP contribution in [-0.4, -0.2) is 18.0 Å². The van der Waals surface area contributed by atoms with Crippen LogP contribution in [-0.2, 0) is 6.54 Å². The number of halogens is 1. The molecule has 0 saturated heterocycles. The predicted octanol–water partition coefficient (Wildman–Crippen LogP) is 4.62. The minimum Gasteiger partial charge on any atom is -0.348 e. The standard InChI is InChI=1S/C19H27FN2/c1-4-6-7-10-15-22(17(3)13-14-21-5-2)16-18-11-8-9-12-19(18)20/h6-12,15,21H,3-5,13-14,16H2,1-2H3/b7-6+,15-10+. The number of benzene rings is 1. The second-order valence-electron chi connectivity index (χ2n) is 5.07. The fourth-order valence-electron chi connectivity index (χ4n) is 2.00. The third kappa shape index (κ3) is 6.72. The average molecular weight is 302 g/mol. The topological polar surface area (TPSA) is 15.3 Å². The van der Waals surface area contributed by atoms with Crippen LogP contribution in [0.3, 0.4) is 0 Å². The normalized spacial score (nSPS) is 11.4. The Balaban J connectivity index is 2.77. The number of nitrogens with zero attached hydrogens (tertiary/aromatic N) is 1. The summed E-state index contributed by atoms with van der Waals surface area (Å²) in [5.74, 6) is -0.176. The Morgan fingerprint density at radius 3 is 2.73 bits per heavy atom. The molecule has 0 heterocycles. The third-order valence-corrected chi connectivity index (χ3v) is 3.29. The first kappa shape index (κ1) is 18.2. The van der Waals surface area contributed by atoms with Gasteiger partial charge in [0.25, 0.3) is 0 Å². The van der Waals surface area contributed by atoms with Crippen molar-refractivity contribution in [1.82, 2.24) is 10.2 Å². The van der Waals surface area contributed by atoms with Gasteiger partial charge >= 0.3 is 0 Å². The maximum atomic E-state index is 13.9. The molecule has 0 aliphatic carbocycles. The van der Waals surface area contributed by atoms with Gasteiger partial charge in [0.05, 0.1) is 6.54 Å². The molecular formula is C19H27FN2. The Labute approximate surface area is 134 Å². The monoisotopic (exact) mass is 302 g/mol. The van der Waals surface area contributed by atoms with Gasteiger partial charge in [0.1, 0.15) is 5.82 Å². The van der Waals surface area contributed by atoms with Crippen LogP contribution in [0.4, 0.5) is 4.39 Å². The number of nitrogens with one attached hydrogen (secondary N) is 1. The Morgan fingerprint density at radius 2 is 2.05 bits per heavy atom. The first-order valence-electron chi connectivity index (χ1n) is 7.90. The summed E-state index contributed by atoms with van der Waals surface area (Å²) in [6.45, 7) is 10.6. The van der Waals surface area contributed by atoms with E-state index in [0.29, 0.717) is 12.1 Å². The minimum absolute atomic E-state index is 0.176. The van der Waals surface area contributed by atoms with E-state index < -0.39 is 0 Å². The van der Waals surface area contributed by atoms with Crippen LogP contribution in [0.15, 0.2) is 61.0 Å². The van der Waals surface area contributed by atoms with Crippen molar-refractivity contribution in [3.8, 4) is 0 Å². The van der Waals surface area contributed by atoms with Gasteiger partial charge in [-0.25, -0.2) is 4.39 Å². The highest BCUT2D eigenvalue weighted by molar-refractivity contribution is 5.19. The van der Waals surface area contributed by atoms with Crippen molar-refractivity contribution in [3.05, 3.63) is 72.4 Å². The molecule has 0 fully saturated rings. The van der Waals surface area contributed by atoms with Crippen LogP contribution in [0.2, 0.25) is 0 Å². The van der Waals surface area contributed by atoms with E-state index in [-0.39, 0.29) is 5.82 Å². The molecule has 3 heteroatoms. The van der Waals surface area contributed by atoms with Gasteiger partial charge in [-0.15, -0.1) is 0 Å². The molecule has 0 spiro atoms. The Kier molecular flexibility index (Phi) is 8.92. The molecule has 0 aliphatic rings. The molecule has 22 heavy (non-hydrogen) atoms. The van der Waals surface area contributed by atoms with E-state index in [1.165, 1.54) is 6.07 Å². The Bertz CT molecular complexity index is 506.